The zero-order valence-electron chi connectivity index (χ0n) is 13.7. The topological polar surface area (TPSA) is 38.3 Å². The Balaban J connectivity index is 1.65. The van der Waals surface area contributed by atoms with Gasteiger partial charge in [-0.3, -0.25) is 4.79 Å². The molecule has 0 spiro atoms. The first kappa shape index (κ1) is 17.8. The van der Waals surface area contributed by atoms with Crippen LogP contribution < -0.4 is 5.32 Å². The minimum atomic E-state index is -0.000500. The van der Waals surface area contributed by atoms with Crippen LogP contribution in [0.1, 0.15) is 35.5 Å². The van der Waals surface area contributed by atoms with Crippen LogP contribution in [0.5, 0.6) is 0 Å². The molecule has 1 aliphatic heterocycles. The van der Waals surface area contributed by atoms with Gasteiger partial charge in [-0.25, -0.2) is 0 Å². The minimum Gasteiger partial charge on any atom is -0.379 e. The average Bonchev–Trinajstić information content (AvgIpc) is 2.98. The molecular formula is C18H20ClNO2S2. The highest BCUT2D eigenvalue weighted by Gasteiger charge is 2.22. The highest BCUT2D eigenvalue weighted by molar-refractivity contribution is 7.98. The molecule has 1 N–H and O–H groups in total. The van der Waals surface area contributed by atoms with Gasteiger partial charge in [0, 0.05) is 39.3 Å². The van der Waals surface area contributed by atoms with Crippen LogP contribution in [0.2, 0.25) is 5.02 Å². The zero-order valence-corrected chi connectivity index (χ0v) is 16.1. The molecule has 128 valence electrons. The SMILES string of the molecule is CC(C)OCCCNC(=O)c1cc2c(s1)-c1ccc(Cl)cc1SC2. The van der Waals surface area contributed by atoms with Crippen LogP contribution in [0.3, 0.4) is 0 Å². The molecule has 0 unspecified atom stereocenters. The molecule has 0 fully saturated rings. The highest BCUT2D eigenvalue weighted by atomic mass is 35.5. The van der Waals surface area contributed by atoms with Crippen LogP contribution in [0.4, 0.5) is 0 Å². The first-order valence-corrected chi connectivity index (χ1v) is 10.2. The van der Waals surface area contributed by atoms with Gasteiger partial charge in [0.2, 0.25) is 0 Å². The van der Waals surface area contributed by atoms with E-state index in [0.717, 1.165) is 22.1 Å². The van der Waals surface area contributed by atoms with E-state index in [0.29, 0.717) is 13.2 Å². The van der Waals surface area contributed by atoms with Gasteiger partial charge in [-0.2, -0.15) is 0 Å². The van der Waals surface area contributed by atoms with Crippen molar-refractivity contribution < 1.29 is 9.53 Å². The number of fused-ring (bicyclic) bond motifs is 3. The molecule has 2 aromatic rings. The number of carbonyl (C=O) groups excluding carboxylic acids is 1. The van der Waals surface area contributed by atoms with Gasteiger partial charge in [0.25, 0.3) is 5.91 Å². The fraction of sp³-hybridized carbons (Fsp3) is 0.389. The molecule has 2 heterocycles. The molecule has 1 aromatic carbocycles. The smallest absolute Gasteiger partial charge is 0.261 e. The molecule has 24 heavy (non-hydrogen) atoms. The third kappa shape index (κ3) is 4.14. The first-order valence-electron chi connectivity index (χ1n) is 8.00. The van der Waals surface area contributed by atoms with Gasteiger partial charge in [-0.15, -0.1) is 23.1 Å². The number of thiophene rings is 1. The third-order valence-electron chi connectivity index (χ3n) is 3.66. The molecule has 0 aliphatic carbocycles. The molecule has 1 aromatic heterocycles. The van der Waals surface area contributed by atoms with Gasteiger partial charge >= 0.3 is 0 Å². The van der Waals surface area contributed by atoms with E-state index in [1.54, 1.807) is 23.1 Å². The van der Waals surface area contributed by atoms with Crippen molar-refractivity contribution in [1.82, 2.24) is 5.32 Å². The second-order valence-corrected chi connectivity index (χ2v) is 8.43. The number of nitrogens with one attached hydrogen (secondary N) is 1. The summed E-state index contributed by atoms with van der Waals surface area (Å²) in [5.74, 6) is 0.883. The number of hydrogen-bond acceptors (Lipinski definition) is 4. The summed E-state index contributed by atoms with van der Waals surface area (Å²) in [6.45, 7) is 5.33. The summed E-state index contributed by atoms with van der Waals surface area (Å²) in [6.07, 6.45) is 1.06. The van der Waals surface area contributed by atoms with E-state index in [4.69, 9.17) is 16.3 Å². The summed E-state index contributed by atoms with van der Waals surface area (Å²) >= 11 is 9.41. The quantitative estimate of drug-likeness (QED) is 0.697. The molecule has 0 saturated carbocycles. The number of carbonyl (C=O) groups is 1. The van der Waals surface area contributed by atoms with E-state index >= 15 is 0 Å². The Kier molecular flexibility index (Phi) is 5.87. The maximum atomic E-state index is 12.4. The molecule has 0 atom stereocenters. The van der Waals surface area contributed by atoms with Crippen molar-refractivity contribution in [3.63, 3.8) is 0 Å². The van der Waals surface area contributed by atoms with Gasteiger partial charge in [-0.05, 0) is 44.0 Å². The minimum absolute atomic E-state index is 0.000500. The highest BCUT2D eigenvalue weighted by Crippen LogP contribution is 2.46. The van der Waals surface area contributed by atoms with E-state index in [1.807, 2.05) is 38.1 Å². The van der Waals surface area contributed by atoms with Crippen molar-refractivity contribution in [3.8, 4) is 10.4 Å². The molecule has 0 saturated heterocycles. The predicted octanol–water partition coefficient (Wildman–Crippen LogP) is 5.22. The van der Waals surface area contributed by atoms with Gasteiger partial charge < -0.3 is 10.1 Å². The number of hydrogen-bond donors (Lipinski definition) is 1. The second-order valence-electron chi connectivity index (χ2n) is 5.92. The van der Waals surface area contributed by atoms with Gasteiger partial charge in [0.15, 0.2) is 0 Å². The lowest BCUT2D eigenvalue weighted by Crippen LogP contribution is -2.24. The van der Waals surface area contributed by atoms with E-state index in [-0.39, 0.29) is 12.0 Å². The number of ether oxygens (including phenoxy) is 1. The number of rotatable bonds is 6. The van der Waals surface area contributed by atoms with Crippen molar-refractivity contribution in [2.75, 3.05) is 13.2 Å². The summed E-state index contributed by atoms with van der Waals surface area (Å²) in [5, 5.41) is 3.73. The fourth-order valence-electron chi connectivity index (χ4n) is 2.51. The number of amides is 1. The summed E-state index contributed by atoms with van der Waals surface area (Å²) in [4.78, 5) is 15.5. The van der Waals surface area contributed by atoms with Crippen molar-refractivity contribution >= 4 is 40.6 Å². The maximum Gasteiger partial charge on any atom is 0.261 e. The van der Waals surface area contributed by atoms with Crippen LogP contribution in [0.25, 0.3) is 10.4 Å². The molecule has 6 heteroatoms. The fourth-order valence-corrected chi connectivity index (χ4v) is 5.12. The summed E-state index contributed by atoms with van der Waals surface area (Å²) in [6, 6.07) is 7.97. The van der Waals surface area contributed by atoms with E-state index in [9.17, 15) is 4.79 Å². The van der Waals surface area contributed by atoms with Gasteiger partial charge in [-0.1, -0.05) is 17.7 Å². The van der Waals surface area contributed by atoms with Crippen LogP contribution in [-0.4, -0.2) is 25.2 Å². The number of benzene rings is 1. The van der Waals surface area contributed by atoms with Crippen LogP contribution in [0.15, 0.2) is 29.2 Å². The number of halogens is 1. The Morgan fingerprint density at radius 2 is 2.21 bits per heavy atom. The van der Waals surface area contributed by atoms with Crippen molar-refractivity contribution in [2.24, 2.45) is 0 Å². The molecule has 3 rings (SSSR count). The Labute approximate surface area is 155 Å². The normalized spacial score (nSPS) is 12.8. The monoisotopic (exact) mass is 381 g/mol. The van der Waals surface area contributed by atoms with E-state index in [2.05, 4.69) is 5.32 Å². The van der Waals surface area contributed by atoms with Gasteiger partial charge in [0.05, 0.1) is 11.0 Å². The Morgan fingerprint density at radius 1 is 1.38 bits per heavy atom. The molecular weight excluding hydrogens is 362 g/mol. The predicted molar refractivity (Wildman–Crippen MR) is 102 cm³/mol. The lowest BCUT2D eigenvalue weighted by atomic mass is 10.1. The molecule has 1 amide bonds. The van der Waals surface area contributed by atoms with E-state index in [1.165, 1.54) is 20.9 Å². The average molecular weight is 382 g/mol. The lowest BCUT2D eigenvalue weighted by molar-refractivity contribution is 0.0757. The molecule has 1 aliphatic rings. The molecule has 0 bridgehead atoms. The largest absolute Gasteiger partial charge is 0.379 e. The maximum absolute atomic E-state index is 12.4. The van der Waals surface area contributed by atoms with Crippen molar-refractivity contribution in [2.45, 2.75) is 37.0 Å². The number of thioether (sulfide) groups is 1. The van der Waals surface area contributed by atoms with Crippen molar-refractivity contribution in [1.29, 1.82) is 0 Å². The van der Waals surface area contributed by atoms with Crippen LogP contribution >= 0.6 is 34.7 Å². The standard InChI is InChI=1S/C18H20ClNO2S2/c1-11(2)22-7-3-6-20-18(21)16-8-12-10-23-15-9-13(19)4-5-14(15)17(12)24-16/h4-5,8-9,11H,3,6-7,10H2,1-2H3,(H,20,21). The summed E-state index contributed by atoms with van der Waals surface area (Å²) in [7, 11) is 0. The van der Waals surface area contributed by atoms with Gasteiger partial charge in [0.1, 0.15) is 0 Å². The molecule has 3 nitrogen and oxygen atoms in total. The summed E-state index contributed by atoms with van der Waals surface area (Å²) < 4.78 is 5.48. The van der Waals surface area contributed by atoms with Crippen LogP contribution in [0, 0.1) is 0 Å². The Bertz CT molecular complexity index is 743. The first-order chi connectivity index (χ1) is 11.5. The summed E-state index contributed by atoms with van der Waals surface area (Å²) in [5.41, 5.74) is 2.41. The second kappa shape index (κ2) is 7.91. The van der Waals surface area contributed by atoms with Crippen LogP contribution in [-0.2, 0) is 10.5 Å². The Hall–Kier alpha value is -1.01. The van der Waals surface area contributed by atoms with E-state index < -0.39 is 0 Å². The molecule has 0 radical (unpaired) electrons. The Morgan fingerprint density at radius 3 is 3.00 bits per heavy atom. The third-order valence-corrected chi connectivity index (χ3v) is 6.21. The zero-order chi connectivity index (χ0) is 17.1. The lowest BCUT2D eigenvalue weighted by Gasteiger charge is -2.15. The van der Waals surface area contributed by atoms with Crippen molar-refractivity contribution in [3.05, 3.63) is 39.7 Å².